The Bertz CT molecular complexity index is 323. The van der Waals surface area contributed by atoms with Crippen molar-refractivity contribution in [1.29, 1.82) is 0 Å². The van der Waals surface area contributed by atoms with Gasteiger partial charge in [-0.3, -0.25) is 14.1 Å². The second kappa shape index (κ2) is 5.78. The van der Waals surface area contributed by atoms with Gasteiger partial charge in [0.05, 0.1) is 19.7 Å². The van der Waals surface area contributed by atoms with Crippen molar-refractivity contribution < 1.29 is 18.7 Å². The van der Waals surface area contributed by atoms with Crippen LogP contribution in [0.3, 0.4) is 0 Å². The fourth-order valence-electron chi connectivity index (χ4n) is 3.55. The van der Waals surface area contributed by atoms with Crippen molar-refractivity contribution in [3.8, 4) is 0 Å². The monoisotopic (exact) mass is 257 g/mol. The maximum absolute atomic E-state index is 12.3. The van der Waals surface area contributed by atoms with Gasteiger partial charge in [-0.05, 0) is 25.7 Å². The van der Waals surface area contributed by atoms with Crippen LogP contribution in [-0.2, 0) is 14.3 Å². The number of halogens is 1. The third kappa shape index (κ3) is 2.28. The first-order chi connectivity index (χ1) is 8.72. The highest BCUT2D eigenvalue weighted by Crippen LogP contribution is 2.42. The normalized spacial score (nSPS) is 35.4. The molecular formula is C13H20FNO3. The summed E-state index contributed by atoms with van der Waals surface area (Å²) in [5.74, 6) is -0.912. The fourth-order valence-corrected chi connectivity index (χ4v) is 3.55. The summed E-state index contributed by atoms with van der Waals surface area (Å²) in [4.78, 5) is 25.2. The van der Waals surface area contributed by atoms with Gasteiger partial charge in [0, 0.05) is 24.5 Å². The van der Waals surface area contributed by atoms with Crippen LogP contribution in [0.5, 0.6) is 0 Å². The van der Waals surface area contributed by atoms with Crippen molar-refractivity contribution in [3.63, 3.8) is 0 Å². The number of methoxy groups -OCH3 is 1. The molecule has 1 unspecified atom stereocenters. The number of esters is 1. The van der Waals surface area contributed by atoms with Crippen molar-refractivity contribution in [2.24, 2.45) is 11.8 Å². The van der Waals surface area contributed by atoms with E-state index in [1.165, 1.54) is 7.11 Å². The number of nitrogens with zero attached hydrogens (tertiary/aromatic N) is 1. The van der Waals surface area contributed by atoms with Crippen molar-refractivity contribution in [1.82, 2.24) is 4.90 Å². The molecule has 2 aliphatic rings. The smallest absolute Gasteiger partial charge is 0.310 e. The van der Waals surface area contributed by atoms with Gasteiger partial charge < -0.3 is 9.53 Å². The minimum Gasteiger partial charge on any atom is -0.469 e. The van der Waals surface area contributed by atoms with E-state index < -0.39 is 0 Å². The maximum Gasteiger partial charge on any atom is 0.310 e. The van der Waals surface area contributed by atoms with Gasteiger partial charge in [-0.25, -0.2) is 0 Å². The summed E-state index contributed by atoms with van der Waals surface area (Å²) in [5.41, 5.74) is 0. The van der Waals surface area contributed by atoms with Crippen LogP contribution in [-0.4, -0.2) is 49.6 Å². The molecule has 4 atom stereocenters. The number of piperidine rings is 1. The molecular weight excluding hydrogens is 237 g/mol. The fraction of sp³-hybridized carbons (Fsp3) is 0.846. The number of alkyl halides is 1. The van der Waals surface area contributed by atoms with Crippen LogP contribution in [0, 0.1) is 11.8 Å². The zero-order chi connectivity index (χ0) is 13.1. The van der Waals surface area contributed by atoms with E-state index in [0.29, 0.717) is 25.4 Å². The van der Waals surface area contributed by atoms with Crippen molar-refractivity contribution in [3.05, 3.63) is 0 Å². The number of rotatable bonds is 5. The third-order valence-corrected chi connectivity index (χ3v) is 4.31. The highest BCUT2D eigenvalue weighted by atomic mass is 19.1. The quantitative estimate of drug-likeness (QED) is 0.548. The molecule has 2 saturated heterocycles. The Morgan fingerprint density at radius 2 is 2.28 bits per heavy atom. The standard InChI is InChI=1S/C13H20FNO3/c1-18-13(17)12-9(8-16)7-10-3-4-11(12)15(10)6-2-5-14/h8-12H,2-7H2,1H3/t9?,10-,11+,12-/m0/s1. The molecule has 5 heteroatoms. The van der Waals surface area contributed by atoms with Crippen LogP contribution in [0.4, 0.5) is 4.39 Å². The van der Waals surface area contributed by atoms with E-state index in [-0.39, 0.29) is 30.5 Å². The second-order valence-corrected chi connectivity index (χ2v) is 5.16. The van der Waals surface area contributed by atoms with Gasteiger partial charge in [-0.2, -0.15) is 0 Å². The molecule has 0 spiro atoms. The Hall–Kier alpha value is -0.970. The van der Waals surface area contributed by atoms with E-state index in [0.717, 1.165) is 19.1 Å². The predicted molar refractivity (Wildman–Crippen MR) is 63.8 cm³/mol. The Morgan fingerprint density at radius 1 is 1.50 bits per heavy atom. The molecule has 0 aromatic heterocycles. The minimum atomic E-state index is -0.370. The Kier molecular flexibility index (Phi) is 4.32. The molecule has 4 nitrogen and oxygen atoms in total. The summed E-state index contributed by atoms with van der Waals surface area (Å²) in [5, 5.41) is 0. The van der Waals surface area contributed by atoms with Crippen LogP contribution in [0.25, 0.3) is 0 Å². The van der Waals surface area contributed by atoms with Gasteiger partial charge in [-0.15, -0.1) is 0 Å². The van der Waals surface area contributed by atoms with E-state index >= 15 is 0 Å². The SMILES string of the molecule is COC(=O)[C@H]1C(C=O)C[C@@H]2CC[C@H]1N2CCCF. The number of fused-ring (bicyclic) bond motifs is 2. The number of aldehydes is 1. The highest BCUT2D eigenvalue weighted by molar-refractivity contribution is 5.78. The lowest BCUT2D eigenvalue weighted by molar-refractivity contribution is -0.154. The van der Waals surface area contributed by atoms with E-state index in [2.05, 4.69) is 4.90 Å². The van der Waals surface area contributed by atoms with Crippen LogP contribution < -0.4 is 0 Å². The summed E-state index contributed by atoms with van der Waals surface area (Å²) in [6.45, 7) is 0.334. The molecule has 0 N–H and O–H groups in total. The average molecular weight is 257 g/mol. The minimum absolute atomic E-state index is 0.0537. The van der Waals surface area contributed by atoms with Gasteiger partial charge in [0.15, 0.2) is 0 Å². The van der Waals surface area contributed by atoms with Crippen molar-refractivity contribution >= 4 is 12.3 Å². The van der Waals surface area contributed by atoms with Crippen molar-refractivity contribution in [2.45, 2.75) is 37.8 Å². The first kappa shape index (κ1) is 13.5. The zero-order valence-electron chi connectivity index (χ0n) is 10.7. The summed E-state index contributed by atoms with van der Waals surface area (Å²) in [7, 11) is 1.36. The topological polar surface area (TPSA) is 46.6 Å². The Balaban J connectivity index is 2.15. The molecule has 2 fully saturated rings. The first-order valence-corrected chi connectivity index (χ1v) is 6.57. The average Bonchev–Trinajstić information content (AvgIpc) is 2.67. The van der Waals surface area contributed by atoms with Crippen LogP contribution >= 0.6 is 0 Å². The molecule has 18 heavy (non-hydrogen) atoms. The lowest BCUT2D eigenvalue weighted by Gasteiger charge is -2.41. The highest BCUT2D eigenvalue weighted by Gasteiger charge is 2.50. The molecule has 0 aliphatic carbocycles. The lowest BCUT2D eigenvalue weighted by Crippen LogP contribution is -2.52. The molecule has 0 aromatic carbocycles. The van der Waals surface area contributed by atoms with Gasteiger partial charge in [0.2, 0.25) is 0 Å². The number of hydrogen-bond acceptors (Lipinski definition) is 4. The molecule has 2 heterocycles. The largest absolute Gasteiger partial charge is 0.469 e. The third-order valence-electron chi connectivity index (χ3n) is 4.31. The molecule has 102 valence electrons. The molecule has 2 aliphatic heterocycles. The summed E-state index contributed by atoms with van der Waals surface area (Å²) in [6, 6.07) is 0.385. The first-order valence-electron chi connectivity index (χ1n) is 6.57. The predicted octanol–water partition coefficient (Wildman–Crippen LogP) is 1.19. The summed E-state index contributed by atoms with van der Waals surface area (Å²) >= 11 is 0. The van der Waals surface area contributed by atoms with Gasteiger partial charge in [0.1, 0.15) is 6.29 Å². The lowest BCUT2D eigenvalue weighted by atomic mass is 9.80. The summed E-state index contributed by atoms with van der Waals surface area (Å²) in [6.07, 6.45) is 3.98. The molecule has 0 amide bonds. The Morgan fingerprint density at radius 3 is 2.89 bits per heavy atom. The van der Waals surface area contributed by atoms with Crippen LogP contribution in [0.2, 0.25) is 0 Å². The van der Waals surface area contributed by atoms with E-state index in [4.69, 9.17) is 4.74 Å². The molecule has 0 saturated carbocycles. The van der Waals surface area contributed by atoms with E-state index in [1.54, 1.807) is 0 Å². The molecule has 0 aromatic rings. The van der Waals surface area contributed by atoms with Crippen molar-refractivity contribution in [2.75, 3.05) is 20.3 Å². The van der Waals surface area contributed by atoms with Crippen LogP contribution in [0.15, 0.2) is 0 Å². The van der Waals surface area contributed by atoms with Crippen LogP contribution in [0.1, 0.15) is 25.7 Å². The number of hydrogen-bond donors (Lipinski definition) is 0. The number of carbonyl (C=O) groups excluding carboxylic acids is 2. The second-order valence-electron chi connectivity index (χ2n) is 5.16. The van der Waals surface area contributed by atoms with E-state index in [9.17, 15) is 14.0 Å². The van der Waals surface area contributed by atoms with Gasteiger partial charge >= 0.3 is 5.97 Å². The zero-order valence-corrected chi connectivity index (χ0v) is 10.7. The van der Waals surface area contributed by atoms with Gasteiger partial charge in [0.25, 0.3) is 0 Å². The van der Waals surface area contributed by atoms with E-state index in [1.807, 2.05) is 0 Å². The van der Waals surface area contributed by atoms with Gasteiger partial charge in [-0.1, -0.05) is 0 Å². The maximum atomic E-state index is 12.3. The molecule has 2 bridgehead atoms. The number of carbonyl (C=O) groups is 2. The molecule has 2 rings (SSSR count). The summed E-state index contributed by atoms with van der Waals surface area (Å²) < 4.78 is 17.1. The Labute approximate surface area is 106 Å². The number of ether oxygens (including phenoxy) is 1. The molecule has 0 radical (unpaired) electrons.